The van der Waals surface area contributed by atoms with Crippen molar-refractivity contribution in [3.05, 3.63) is 46.0 Å². The first-order valence-corrected chi connectivity index (χ1v) is 7.63. The fraction of sp³-hybridized carbons (Fsp3) is 0.400. The van der Waals surface area contributed by atoms with Crippen molar-refractivity contribution >= 4 is 17.4 Å². The molecule has 1 aliphatic carbocycles. The average molecular weight is 287 g/mol. The highest BCUT2D eigenvalue weighted by atomic mass is 32.1. The maximum atomic E-state index is 12.1. The summed E-state index contributed by atoms with van der Waals surface area (Å²) in [6, 6.07) is 8.44. The number of nitrogens with one attached hydrogen (secondary N) is 1. The lowest BCUT2D eigenvalue weighted by Gasteiger charge is -2.11. The molecule has 1 atom stereocenters. The van der Waals surface area contributed by atoms with Gasteiger partial charge in [0.05, 0.1) is 17.1 Å². The predicted molar refractivity (Wildman–Crippen MR) is 78.6 cm³/mol. The van der Waals surface area contributed by atoms with Crippen LogP contribution < -0.4 is 5.32 Å². The van der Waals surface area contributed by atoms with Crippen molar-refractivity contribution in [2.45, 2.75) is 38.6 Å². The van der Waals surface area contributed by atoms with Crippen LogP contribution in [-0.4, -0.2) is 15.5 Å². The first-order valence-electron chi connectivity index (χ1n) is 6.86. The summed E-state index contributed by atoms with van der Waals surface area (Å²) < 4.78 is 3.87. The topological polar surface area (TPSA) is 54.9 Å². The number of aromatic nitrogens is 2. The van der Waals surface area contributed by atoms with Gasteiger partial charge in [0.1, 0.15) is 0 Å². The summed E-state index contributed by atoms with van der Waals surface area (Å²) in [6.45, 7) is 2.45. The summed E-state index contributed by atoms with van der Waals surface area (Å²) in [4.78, 5) is 13.1. The van der Waals surface area contributed by atoms with Gasteiger partial charge in [-0.25, -0.2) is 0 Å². The lowest BCUT2D eigenvalue weighted by atomic mass is 9.97. The highest BCUT2D eigenvalue weighted by Crippen LogP contribution is 2.35. The van der Waals surface area contributed by atoms with Crippen LogP contribution in [-0.2, 0) is 17.8 Å². The van der Waals surface area contributed by atoms with Gasteiger partial charge in [-0.2, -0.15) is 0 Å². The molecule has 5 heteroatoms. The monoisotopic (exact) mass is 287 g/mol. The van der Waals surface area contributed by atoms with E-state index >= 15 is 0 Å². The van der Waals surface area contributed by atoms with Gasteiger partial charge < -0.3 is 5.32 Å². The lowest BCUT2D eigenvalue weighted by molar-refractivity contribution is -0.121. The number of nitrogens with zero attached hydrogens (tertiary/aromatic N) is 2. The third kappa shape index (κ3) is 2.72. The summed E-state index contributed by atoms with van der Waals surface area (Å²) in [5.74, 6) is 0.478. The van der Waals surface area contributed by atoms with Gasteiger partial charge in [-0.05, 0) is 48.3 Å². The average Bonchev–Trinajstić information content (AvgIpc) is 3.04. The van der Waals surface area contributed by atoms with Crippen molar-refractivity contribution in [3.8, 4) is 0 Å². The largest absolute Gasteiger partial charge is 0.351 e. The molecule has 0 saturated carbocycles. The van der Waals surface area contributed by atoms with Crippen LogP contribution in [0.15, 0.2) is 24.3 Å². The van der Waals surface area contributed by atoms with Crippen molar-refractivity contribution in [2.75, 3.05) is 0 Å². The van der Waals surface area contributed by atoms with Crippen molar-refractivity contribution in [1.29, 1.82) is 0 Å². The number of hydrogen-bond acceptors (Lipinski definition) is 4. The molecule has 1 heterocycles. The standard InChI is InChI=1S/C15H17N3OS/c1-10-14(20-18-17-10)9-16-15(19)8-12-7-6-11-4-2-3-5-13(11)12/h2-5,12H,6-9H2,1H3,(H,16,19)/t12-/m1/s1. The number of aryl methyl sites for hydroxylation is 2. The Morgan fingerprint density at radius 1 is 1.45 bits per heavy atom. The molecular formula is C15H17N3OS. The van der Waals surface area contributed by atoms with E-state index in [4.69, 9.17) is 0 Å². The van der Waals surface area contributed by atoms with Crippen molar-refractivity contribution < 1.29 is 4.79 Å². The Kier molecular flexibility index (Phi) is 3.78. The van der Waals surface area contributed by atoms with Crippen LogP contribution in [0.1, 0.15) is 40.5 Å². The predicted octanol–water partition coefficient (Wildman–Crippen LogP) is 2.58. The van der Waals surface area contributed by atoms with Crippen LogP contribution in [0.25, 0.3) is 0 Å². The summed E-state index contributed by atoms with van der Waals surface area (Å²) in [6.07, 6.45) is 2.74. The molecule has 1 aromatic carbocycles. The maximum Gasteiger partial charge on any atom is 0.220 e. The van der Waals surface area contributed by atoms with Gasteiger partial charge >= 0.3 is 0 Å². The number of hydrogen-bond donors (Lipinski definition) is 1. The van der Waals surface area contributed by atoms with E-state index in [2.05, 4.69) is 39.2 Å². The van der Waals surface area contributed by atoms with Gasteiger partial charge in [0, 0.05) is 6.42 Å². The molecule has 20 heavy (non-hydrogen) atoms. The summed E-state index contributed by atoms with van der Waals surface area (Å²) in [5, 5.41) is 6.92. The lowest BCUT2D eigenvalue weighted by Crippen LogP contribution is -2.24. The van der Waals surface area contributed by atoms with Crippen LogP contribution in [0.3, 0.4) is 0 Å². The number of fused-ring (bicyclic) bond motifs is 1. The zero-order valence-electron chi connectivity index (χ0n) is 11.4. The molecule has 0 spiro atoms. The highest BCUT2D eigenvalue weighted by Gasteiger charge is 2.24. The molecule has 0 saturated heterocycles. The van der Waals surface area contributed by atoms with E-state index in [1.807, 2.05) is 6.92 Å². The number of carbonyl (C=O) groups is 1. The van der Waals surface area contributed by atoms with E-state index in [9.17, 15) is 4.79 Å². The second-order valence-electron chi connectivity index (χ2n) is 5.20. The van der Waals surface area contributed by atoms with Gasteiger partial charge in [0.25, 0.3) is 0 Å². The number of amides is 1. The van der Waals surface area contributed by atoms with Gasteiger partial charge in [-0.1, -0.05) is 28.8 Å². The zero-order valence-corrected chi connectivity index (χ0v) is 12.2. The molecule has 0 radical (unpaired) electrons. The summed E-state index contributed by atoms with van der Waals surface area (Å²) in [5.41, 5.74) is 3.65. The van der Waals surface area contributed by atoms with E-state index in [0.29, 0.717) is 18.9 Å². The Hall–Kier alpha value is -1.75. The smallest absolute Gasteiger partial charge is 0.220 e. The minimum absolute atomic E-state index is 0.111. The molecule has 1 aliphatic rings. The molecule has 1 aromatic heterocycles. The number of rotatable bonds is 4. The maximum absolute atomic E-state index is 12.1. The minimum atomic E-state index is 0.111. The molecule has 0 bridgehead atoms. The normalized spacial score (nSPS) is 16.9. The molecular weight excluding hydrogens is 270 g/mol. The fourth-order valence-electron chi connectivity index (χ4n) is 2.75. The van der Waals surface area contributed by atoms with Crippen molar-refractivity contribution in [1.82, 2.24) is 14.9 Å². The molecule has 4 nitrogen and oxygen atoms in total. The Labute approximate surface area is 122 Å². The molecule has 1 amide bonds. The van der Waals surface area contributed by atoms with E-state index < -0.39 is 0 Å². The third-order valence-corrected chi connectivity index (χ3v) is 4.70. The van der Waals surface area contributed by atoms with Gasteiger partial charge in [-0.3, -0.25) is 4.79 Å². The molecule has 0 fully saturated rings. The Balaban J connectivity index is 1.57. The molecule has 104 valence electrons. The van der Waals surface area contributed by atoms with Crippen molar-refractivity contribution in [2.24, 2.45) is 0 Å². The Bertz CT molecular complexity index is 623. The molecule has 1 N–H and O–H groups in total. The van der Waals surface area contributed by atoms with Crippen LogP contribution in [0.5, 0.6) is 0 Å². The second kappa shape index (κ2) is 5.71. The fourth-order valence-corrected chi connectivity index (χ4v) is 3.32. The van der Waals surface area contributed by atoms with E-state index in [0.717, 1.165) is 23.4 Å². The molecule has 0 aliphatic heterocycles. The summed E-state index contributed by atoms with van der Waals surface area (Å²) in [7, 11) is 0. The molecule has 0 unspecified atom stereocenters. The van der Waals surface area contributed by atoms with Gasteiger partial charge in [-0.15, -0.1) is 5.10 Å². The number of carbonyl (C=O) groups excluding carboxylic acids is 1. The van der Waals surface area contributed by atoms with Crippen molar-refractivity contribution in [3.63, 3.8) is 0 Å². The van der Waals surface area contributed by atoms with Crippen LogP contribution in [0.2, 0.25) is 0 Å². The Morgan fingerprint density at radius 3 is 3.10 bits per heavy atom. The third-order valence-electron chi connectivity index (χ3n) is 3.88. The van der Waals surface area contributed by atoms with E-state index in [1.54, 1.807) is 0 Å². The molecule has 3 rings (SSSR count). The minimum Gasteiger partial charge on any atom is -0.351 e. The quantitative estimate of drug-likeness (QED) is 0.940. The first-order chi connectivity index (χ1) is 9.74. The van der Waals surface area contributed by atoms with Crippen LogP contribution in [0, 0.1) is 6.92 Å². The van der Waals surface area contributed by atoms with Gasteiger partial charge in [0.15, 0.2) is 0 Å². The first kappa shape index (κ1) is 13.2. The number of benzene rings is 1. The van der Waals surface area contributed by atoms with Crippen LogP contribution >= 0.6 is 11.5 Å². The SMILES string of the molecule is Cc1nnsc1CNC(=O)C[C@H]1CCc2ccccc21. The van der Waals surface area contributed by atoms with Gasteiger partial charge in [0.2, 0.25) is 5.91 Å². The van der Waals surface area contributed by atoms with E-state index in [-0.39, 0.29) is 5.91 Å². The summed E-state index contributed by atoms with van der Waals surface area (Å²) >= 11 is 1.35. The highest BCUT2D eigenvalue weighted by molar-refractivity contribution is 7.05. The van der Waals surface area contributed by atoms with Crippen LogP contribution in [0.4, 0.5) is 0 Å². The molecule has 2 aromatic rings. The zero-order chi connectivity index (χ0) is 13.9. The van der Waals surface area contributed by atoms with E-state index in [1.165, 1.54) is 22.7 Å². The Morgan fingerprint density at radius 2 is 2.30 bits per heavy atom. The second-order valence-corrected chi connectivity index (χ2v) is 6.04.